The average molecular weight is 577 g/mol. The average Bonchev–Trinajstić information content (AvgIpc) is 2.66. The quantitative estimate of drug-likeness (QED) is 0.0919. The van der Waals surface area contributed by atoms with Crippen LogP contribution in [0.15, 0.2) is 27.9 Å². The molecule has 0 fully saturated rings. The van der Waals surface area contributed by atoms with Gasteiger partial charge in [-0.05, 0) is 25.3 Å². The molecule has 0 amide bonds. The van der Waals surface area contributed by atoms with E-state index in [-0.39, 0.29) is 17.7 Å². The van der Waals surface area contributed by atoms with Gasteiger partial charge in [-0.1, -0.05) is 92.8 Å². The maximum Gasteiger partial charge on any atom is 0.226 e. The third kappa shape index (κ3) is 15.5. The predicted octanol–water partition coefficient (Wildman–Crippen LogP) is 8.02. The number of unbranched alkanes of at least 4 members (excludes halogenated alkanes) is 3. The van der Waals surface area contributed by atoms with Crippen molar-refractivity contribution >= 4 is 87.4 Å². The molecule has 5 nitrogen and oxygen atoms in total. The van der Waals surface area contributed by atoms with Crippen molar-refractivity contribution in [2.24, 2.45) is 5.16 Å². The van der Waals surface area contributed by atoms with Crippen molar-refractivity contribution in [1.82, 2.24) is 0 Å². The minimum absolute atomic E-state index is 0.119. The summed E-state index contributed by atoms with van der Waals surface area (Å²) in [4.78, 5) is 4.80. The zero-order valence-electron chi connectivity index (χ0n) is 16.4. The number of nitrogens with zero attached hydrogens (tertiary/aromatic N) is 1. The number of rotatable bonds is 15. The second-order valence-electron chi connectivity index (χ2n) is 6.04. The van der Waals surface area contributed by atoms with Crippen molar-refractivity contribution in [3.05, 3.63) is 32.7 Å². The first-order valence-electron chi connectivity index (χ1n) is 9.23. The van der Waals surface area contributed by atoms with Gasteiger partial charge in [-0.25, -0.2) is 0 Å². The molecule has 0 unspecified atom stereocenters. The molecule has 1 aromatic carbocycles. The van der Waals surface area contributed by atoms with Crippen LogP contribution in [0.5, 0.6) is 11.5 Å². The van der Waals surface area contributed by atoms with E-state index in [0.717, 1.165) is 25.7 Å². The Morgan fingerprint density at radius 1 is 0.903 bits per heavy atom. The normalized spacial score (nSPS) is 11.6. The van der Waals surface area contributed by atoms with Gasteiger partial charge in [0.25, 0.3) is 0 Å². The first-order valence-corrected chi connectivity index (χ1v) is 11.9. The van der Waals surface area contributed by atoms with E-state index in [1.807, 2.05) is 0 Å². The van der Waals surface area contributed by atoms with Gasteiger partial charge in [-0.2, -0.15) is 0 Å². The number of hydrogen-bond donors (Lipinski definition) is 0. The van der Waals surface area contributed by atoms with Crippen LogP contribution in [0, 0.1) is 0 Å². The molecule has 0 aromatic heterocycles. The smallest absolute Gasteiger partial charge is 0.226 e. The first-order chi connectivity index (χ1) is 14.7. The molecule has 0 saturated carbocycles. The minimum atomic E-state index is -1.48. The molecule has 0 atom stereocenters. The topological polar surface area (TPSA) is 49.3 Å². The highest BCUT2D eigenvalue weighted by molar-refractivity contribution is 6.67. The number of benzene rings is 1. The summed E-state index contributed by atoms with van der Waals surface area (Å²) < 4.78 is 15.2. The van der Waals surface area contributed by atoms with Crippen LogP contribution in [-0.4, -0.2) is 43.0 Å². The summed E-state index contributed by atoms with van der Waals surface area (Å²) in [6, 6.07) is 3.25. The third-order valence-corrected chi connectivity index (χ3v) is 4.66. The van der Waals surface area contributed by atoms with E-state index < -0.39 is 3.79 Å². The highest BCUT2D eigenvalue weighted by Crippen LogP contribution is 2.37. The highest BCUT2D eigenvalue weighted by Gasteiger charge is 2.20. The lowest BCUT2D eigenvalue weighted by Crippen LogP contribution is -2.10. The van der Waals surface area contributed by atoms with Crippen LogP contribution in [0.1, 0.15) is 25.7 Å². The van der Waals surface area contributed by atoms with E-state index in [9.17, 15) is 0 Å². The van der Waals surface area contributed by atoms with E-state index >= 15 is 0 Å². The fourth-order valence-electron chi connectivity index (χ4n) is 2.12. The van der Waals surface area contributed by atoms with Gasteiger partial charge >= 0.3 is 0 Å². The molecule has 0 bridgehead atoms. The van der Waals surface area contributed by atoms with Gasteiger partial charge in [0, 0.05) is 18.7 Å². The number of hydrogen-bond acceptors (Lipinski definition) is 5. The summed E-state index contributed by atoms with van der Waals surface area (Å²) in [5, 5.41) is 4.37. The molecule has 0 aliphatic heterocycles. The molecule has 0 saturated heterocycles. The molecular weight excluding hydrogens is 554 g/mol. The largest absolute Gasteiger partial charge is 0.490 e. The molecule has 0 heterocycles. The Hall–Kier alpha value is 0.0200. The maximum atomic E-state index is 6.23. The highest BCUT2D eigenvalue weighted by atomic mass is 35.6. The van der Waals surface area contributed by atoms with Crippen molar-refractivity contribution in [3.8, 4) is 11.5 Å². The lowest BCUT2D eigenvalue weighted by atomic mass is 10.2. The Kier molecular flexibility index (Phi) is 15.6. The standard InChI is InChI=1S/C19H22Cl7NO4/c20-15-11-14(29-9-5-17(22)23)12-16(21)18(15)30-8-4-2-1-3-7-28-10-6-27-31-13-19(24,25)26/h5-6,11-12H,1-4,7-10,13H2. The second kappa shape index (κ2) is 16.6. The number of halogens is 7. The number of alkyl halides is 3. The van der Waals surface area contributed by atoms with Crippen molar-refractivity contribution < 1.29 is 19.0 Å². The molecule has 12 heteroatoms. The van der Waals surface area contributed by atoms with Crippen LogP contribution in [0.25, 0.3) is 0 Å². The van der Waals surface area contributed by atoms with Crippen LogP contribution >= 0.6 is 81.2 Å². The van der Waals surface area contributed by atoms with Crippen molar-refractivity contribution in [3.63, 3.8) is 0 Å². The van der Waals surface area contributed by atoms with Crippen LogP contribution in [0.2, 0.25) is 10.0 Å². The fraction of sp³-hybridized carbons (Fsp3) is 0.526. The molecule has 0 aliphatic rings. The van der Waals surface area contributed by atoms with E-state index in [0.29, 0.717) is 41.4 Å². The lowest BCUT2D eigenvalue weighted by molar-refractivity contribution is 0.139. The van der Waals surface area contributed by atoms with Gasteiger partial charge in [0.1, 0.15) is 16.8 Å². The summed E-state index contributed by atoms with van der Waals surface area (Å²) in [6.45, 7) is 1.52. The monoisotopic (exact) mass is 573 g/mol. The zero-order valence-corrected chi connectivity index (χ0v) is 21.7. The Morgan fingerprint density at radius 2 is 1.55 bits per heavy atom. The lowest BCUT2D eigenvalue weighted by Gasteiger charge is -2.12. The first kappa shape index (κ1) is 29.1. The summed E-state index contributed by atoms with van der Waals surface area (Å²) in [5.74, 6) is 0.927. The van der Waals surface area contributed by atoms with Crippen molar-refractivity contribution in [1.29, 1.82) is 0 Å². The Balaban J connectivity index is 2.12. The maximum absolute atomic E-state index is 6.23. The number of oxime groups is 1. The molecule has 0 spiro atoms. The molecule has 1 aromatic rings. The van der Waals surface area contributed by atoms with Crippen LogP contribution in [0.3, 0.4) is 0 Å². The van der Waals surface area contributed by atoms with Gasteiger partial charge < -0.3 is 19.0 Å². The summed E-state index contributed by atoms with van der Waals surface area (Å²) in [5.41, 5.74) is 0. The molecule has 0 aliphatic carbocycles. The minimum Gasteiger partial charge on any atom is -0.490 e. The summed E-state index contributed by atoms with van der Waals surface area (Å²) in [7, 11) is 0. The second-order valence-corrected chi connectivity index (χ2v) is 10.4. The molecule has 176 valence electrons. The molecule has 31 heavy (non-hydrogen) atoms. The van der Waals surface area contributed by atoms with Crippen LogP contribution in [0.4, 0.5) is 0 Å². The van der Waals surface area contributed by atoms with E-state index in [1.54, 1.807) is 12.1 Å². The van der Waals surface area contributed by atoms with Crippen LogP contribution < -0.4 is 9.47 Å². The van der Waals surface area contributed by atoms with Gasteiger partial charge in [0.05, 0.1) is 29.5 Å². The predicted molar refractivity (Wildman–Crippen MR) is 131 cm³/mol. The Bertz CT molecular complexity index is 684. The van der Waals surface area contributed by atoms with Crippen LogP contribution in [-0.2, 0) is 9.57 Å². The Morgan fingerprint density at radius 3 is 2.16 bits per heavy atom. The van der Waals surface area contributed by atoms with Gasteiger partial charge in [0.15, 0.2) is 12.4 Å². The van der Waals surface area contributed by atoms with Gasteiger partial charge in [-0.15, -0.1) is 0 Å². The molecular formula is C19H22Cl7NO4. The molecule has 1 rings (SSSR count). The van der Waals surface area contributed by atoms with E-state index in [4.69, 9.17) is 100 Å². The van der Waals surface area contributed by atoms with Gasteiger partial charge in [0.2, 0.25) is 3.79 Å². The SMILES string of the molecule is ClC(Cl)=CCOc1cc(Cl)c(OCCCCCCOCC=NOCC(Cl)(Cl)Cl)c(Cl)c1. The molecule has 0 N–H and O–H groups in total. The third-order valence-electron chi connectivity index (χ3n) is 3.46. The van der Waals surface area contributed by atoms with Gasteiger partial charge in [-0.3, -0.25) is 0 Å². The summed E-state index contributed by atoms with van der Waals surface area (Å²) >= 11 is 40.1. The van der Waals surface area contributed by atoms with Crippen molar-refractivity contribution in [2.45, 2.75) is 29.5 Å². The van der Waals surface area contributed by atoms with E-state index in [1.165, 1.54) is 12.3 Å². The zero-order chi connectivity index (χ0) is 23.1. The number of ether oxygens (including phenoxy) is 3. The van der Waals surface area contributed by atoms with Crippen molar-refractivity contribution in [2.75, 3.05) is 33.0 Å². The van der Waals surface area contributed by atoms with E-state index in [2.05, 4.69) is 5.16 Å². The summed E-state index contributed by atoms with van der Waals surface area (Å²) in [6.07, 6.45) is 6.73. The Labute approximate surface area is 217 Å². The molecule has 0 radical (unpaired) electrons. The fourth-order valence-corrected chi connectivity index (χ4v) is 2.97.